The van der Waals surface area contributed by atoms with Gasteiger partial charge in [-0.2, -0.15) is 0 Å². The van der Waals surface area contributed by atoms with Gasteiger partial charge in [-0.25, -0.2) is 9.97 Å². The molecule has 0 bridgehead atoms. The largest absolute Gasteiger partial charge is 0.348 e. The van der Waals surface area contributed by atoms with Gasteiger partial charge in [0.25, 0.3) is 5.91 Å². The molecule has 5 heteroatoms. The molecule has 0 atom stereocenters. The highest BCUT2D eigenvalue weighted by molar-refractivity contribution is 5.92. The number of nitrogens with zero attached hydrogens (tertiary/aromatic N) is 2. The number of hydrogen-bond donors (Lipinski definition) is 2. The average Bonchev–Trinajstić information content (AvgIpc) is 3.27. The molecule has 0 aliphatic heterocycles. The van der Waals surface area contributed by atoms with Crippen LogP contribution in [-0.2, 0) is 0 Å². The molecule has 3 rings (SSSR count). The van der Waals surface area contributed by atoms with Gasteiger partial charge in [-0.3, -0.25) is 4.79 Å². The molecular formula is C16H18N4O. The number of carbonyl (C=O) groups excluding carboxylic acids is 1. The second-order valence-electron chi connectivity index (χ2n) is 5.48. The van der Waals surface area contributed by atoms with E-state index < -0.39 is 0 Å². The number of aryl methyl sites for hydroxylation is 2. The molecule has 1 amide bonds. The second kappa shape index (κ2) is 5.52. The molecule has 1 saturated carbocycles. The third-order valence-electron chi connectivity index (χ3n) is 3.45. The zero-order chi connectivity index (χ0) is 14.8. The van der Waals surface area contributed by atoms with Crippen LogP contribution in [0.25, 0.3) is 0 Å². The van der Waals surface area contributed by atoms with Crippen molar-refractivity contribution in [1.82, 2.24) is 15.3 Å². The number of hydrogen-bond acceptors (Lipinski definition) is 4. The first kappa shape index (κ1) is 13.5. The second-order valence-corrected chi connectivity index (χ2v) is 5.48. The Morgan fingerprint density at radius 1 is 1.19 bits per heavy atom. The Morgan fingerprint density at radius 3 is 2.67 bits per heavy atom. The first-order valence-electron chi connectivity index (χ1n) is 7.09. The topological polar surface area (TPSA) is 66.9 Å². The summed E-state index contributed by atoms with van der Waals surface area (Å²) < 4.78 is 0. The summed E-state index contributed by atoms with van der Waals surface area (Å²) in [6.07, 6.45) is 5.21. The molecule has 1 aromatic carbocycles. The fourth-order valence-corrected chi connectivity index (χ4v) is 2.01. The zero-order valence-corrected chi connectivity index (χ0v) is 12.2. The standard InChI is InChI=1S/C16H18N4O/c1-10-3-4-11(2)13(7-10)20-15-9-17-14(8-18-15)16(21)19-12-5-6-12/h3-4,7-9,12H,5-6H2,1-2H3,(H,18,20)(H,19,21). The van der Waals surface area contributed by atoms with E-state index in [2.05, 4.69) is 38.8 Å². The van der Waals surface area contributed by atoms with Gasteiger partial charge in [-0.15, -0.1) is 0 Å². The molecule has 0 unspecified atom stereocenters. The summed E-state index contributed by atoms with van der Waals surface area (Å²) in [7, 11) is 0. The lowest BCUT2D eigenvalue weighted by molar-refractivity contribution is 0.0945. The van der Waals surface area contributed by atoms with E-state index >= 15 is 0 Å². The van der Waals surface area contributed by atoms with E-state index in [0.717, 1.165) is 24.1 Å². The molecule has 5 nitrogen and oxygen atoms in total. The van der Waals surface area contributed by atoms with E-state index in [0.29, 0.717) is 17.6 Å². The van der Waals surface area contributed by atoms with Gasteiger partial charge in [0.2, 0.25) is 0 Å². The minimum atomic E-state index is -0.150. The Balaban J connectivity index is 1.71. The SMILES string of the molecule is Cc1ccc(C)c(Nc2cnc(C(=O)NC3CC3)cn2)c1. The predicted molar refractivity (Wildman–Crippen MR) is 81.7 cm³/mol. The lowest BCUT2D eigenvalue weighted by atomic mass is 10.1. The summed E-state index contributed by atoms with van der Waals surface area (Å²) in [5, 5.41) is 6.12. The number of anilines is 2. The Bertz CT molecular complexity index is 662. The zero-order valence-electron chi connectivity index (χ0n) is 12.2. The van der Waals surface area contributed by atoms with Crippen molar-refractivity contribution in [3.8, 4) is 0 Å². The summed E-state index contributed by atoms with van der Waals surface area (Å²) in [5.74, 6) is 0.481. The van der Waals surface area contributed by atoms with Crippen LogP contribution in [0.4, 0.5) is 11.5 Å². The number of amides is 1. The van der Waals surface area contributed by atoms with Crippen molar-refractivity contribution in [3.63, 3.8) is 0 Å². The van der Waals surface area contributed by atoms with Crippen LogP contribution in [-0.4, -0.2) is 21.9 Å². The highest BCUT2D eigenvalue weighted by Crippen LogP contribution is 2.21. The number of aromatic nitrogens is 2. The molecular weight excluding hydrogens is 264 g/mol. The van der Waals surface area contributed by atoms with Gasteiger partial charge >= 0.3 is 0 Å². The molecule has 2 N–H and O–H groups in total. The van der Waals surface area contributed by atoms with E-state index in [1.807, 2.05) is 13.8 Å². The van der Waals surface area contributed by atoms with E-state index in [-0.39, 0.29) is 5.91 Å². The van der Waals surface area contributed by atoms with Crippen molar-refractivity contribution < 1.29 is 4.79 Å². The first-order valence-corrected chi connectivity index (χ1v) is 7.09. The molecule has 0 saturated heterocycles. The minimum absolute atomic E-state index is 0.150. The molecule has 0 radical (unpaired) electrons. The lowest BCUT2D eigenvalue weighted by Gasteiger charge is -2.10. The van der Waals surface area contributed by atoms with E-state index in [4.69, 9.17) is 0 Å². The normalized spacial score (nSPS) is 13.8. The first-order chi connectivity index (χ1) is 10.1. The average molecular weight is 282 g/mol. The summed E-state index contributed by atoms with van der Waals surface area (Å²) in [4.78, 5) is 20.3. The minimum Gasteiger partial charge on any atom is -0.348 e. The lowest BCUT2D eigenvalue weighted by Crippen LogP contribution is -2.26. The van der Waals surface area contributed by atoms with Gasteiger partial charge in [0.05, 0.1) is 12.4 Å². The van der Waals surface area contributed by atoms with Crippen molar-refractivity contribution in [2.24, 2.45) is 0 Å². The van der Waals surface area contributed by atoms with E-state index in [1.54, 1.807) is 6.20 Å². The van der Waals surface area contributed by atoms with Crippen molar-refractivity contribution in [3.05, 3.63) is 47.4 Å². The van der Waals surface area contributed by atoms with Crippen LogP contribution in [0.15, 0.2) is 30.6 Å². The van der Waals surface area contributed by atoms with Crippen LogP contribution < -0.4 is 10.6 Å². The molecule has 1 aliphatic carbocycles. The number of carbonyl (C=O) groups is 1. The fourth-order valence-electron chi connectivity index (χ4n) is 2.01. The van der Waals surface area contributed by atoms with Gasteiger partial charge < -0.3 is 10.6 Å². The van der Waals surface area contributed by atoms with Crippen LogP contribution in [0.1, 0.15) is 34.5 Å². The van der Waals surface area contributed by atoms with Gasteiger partial charge in [-0.05, 0) is 43.9 Å². The summed E-state index contributed by atoms with van der Waals surface area (Å²) in [6, 6.07) is 6.51. The Labute approximate surface area is 123 Å². The fraction of sp³-hybridized carbons (Fsp3) is 0.312. The van der Waals surface area contributed by atoms with Gasteiger partial charge in [-0.1, -0.05) is 12.1 Å². The Morgan fingerprint density at radius 2 is 2.00 bits per heavy atom. The van der Waals surface area contributed by atoms with Crippen LogP contribution in [0.3, 0.4) is 0 Å². The van der Waals surface area contributed by atoms with Crippen LogP contribution in [0.5, 0.6) is 0 Å². The molecule has 1 fully saturated rings. The van der Waals surface area contributed by atoms with Gasteiger partial charge in [0.1, 0.15) is 11.5 Å². The van der Waals surface area contributed by atoms with E-state index in [9.17, 15) is 4.79 Å². The smallest absolute Gasteiger partial charge is 0.271 e. The Kier molecular flexibility index (Phi) is 3.56. The molecule has 0 spiro atoms. The Hall–Kier alpha value is -2.43. The van der Waals surface area contributed by atoms with Crippen molar-refractivity contribution in [2.75, 3.05) is 5.32 Å². The van der Waals surface area contributed by atoms with Crippen LogP contribution >= 0.6 is 0 Å². The molecule has 2 aromatic rings. The third kappa shape index (κ3) is 3.37. The summed E-state index contributed by atoms with van der Waals surface area (Å²) in [5.41, 5.74) is 3.67. The highest BCUT2D eigenvalue weighted by atomic mass is 16.2. The van der Waals surface area contributed by atoms with Crippen LogP contribution in [0, 0.1) is 13.8 Å². The van der Waals surface area contributed by atoms with E-state index in [1.165, 1.54) is 11.8 Å². The van der Waals surface area contributed by atoms with Crippen LogP contribution in [0.2, 0.25) is 0 Å². The van der Waals surface area contributed by atoms with Crippen molar-refractivity contribution in [2.45, 2.75) is 32.7 Å². The van der Waals surface area contributed by atoms with Crippen molar-refractivity contribution >= 4 is 17.4 Å². The number of benzene rings is 1. The summed E-state index contributed by atoms with van der Waals surface area (Å²) >= 11 is 0. The molecule has 1 aromatic heterocycles. The maximum absolute atomic E-state index is 11.8. The third-order valence-corrected chi connectivity index (χ3v) is 3.45. The number of nitrogens with one attached hydrogen (secondary N) is 2. The predicted octanol–water partition coefficient (Wildman–Crippen LogP) is 2.73. The molecule has 21 heavy (non-hydrogen) atoms. The maximum atomic E-state index is 11.8. The van der Waals surface area contributed by atoms with Gasteiger partial charge in [0, 0.05) is 11.7 Å². The molecule has 1 aliphatic rings. The van der Waals surface area contributed by atoms with Gasteiger partial charge in [0.15, 0.2) is 0 Å². The molecule has 1 heterocycles. The number of rotatable bonds is 4. The summed E-state index contributed by atoms with van der Waals surface area (Å²) in [6.45, 7) is 4.08. The molecule has 108 valence electrons. The quantitative estimate of drug-likeness (QED) is 0.905. The highest BCUT2D eigenvalue weighted by Gasteiger charge is 2.24. The monoisotopic (exact) mass is 282 g/mol. The van der Waals surface area contributed by atoms with Crippen molar-refractivity contribution in [1.29, 1.82) is 0 Å². The maximum Gasteiger partial charge on any atom is 0.271 e.